The summed E-state index contributed by atoms with van der Waals surface area (Å²) in [7, 11) is 3.22. The number of Topliss-reactive ketones (excluding diaryl/α,β-unsaturated/α-hetero) is 1. The van der Waals surface area contributed by atoms with Crippen LogP contribution in [0.2, 0.25) is 0 Å². The molecule has 4 heteroatoms. The summed E-state index contributed by atoms with van der Waals surface area (Å²) in [5, 5.41) is 0. The highest BCUT2D eigenvalue weighted by atomic mass is 32.2. The highest BCUT2D eigenvalue weighted by Gasteiger charge is 2.23. The van der Waals surface area contributed by atoms with Crippen LogP contribution in [0.4, 0.5) is 0 Å². The number of ketones is 1. The van der Waals surface area contributed by atoms with Crippen molar-refractivity contribution in [1.82, 2.24) is 0 Å². The zero-order valence-corrected chi connectivity index (χ0v) is 10.2. The van der Waals surface area contributed by atoms with Crippen LogP contribution in [0.15, 0.2) is 12.1 Å². The number of hydrogen-bond donors (Lipinski definition) is 0. The second-order valence-electron chi connectivity index (χ2n) is 3.55. The largest absolute Gasteiger partial charge is 0.496 e. The van der Waals surface area contributed by atoms with Gasteiger partial charge in [0.15, 0.2) is 5.78 Å². The standard InChI is InChI=1S/C12H14O3S/c1-14-10-3-4-11(15-2)12-8(10)7-16-6-5-9(12)13/h3-4H,5-7H2,1-2H3. The molecule has 86 valence electrons. The van der Waals surface area contributed by atoms with E-state index in [1.54, 1.807) is 32.0 Å². The fourth-order valence-electron chi connectivity index (χ4n) is 1.88. The SMILES string of the molecule is COc1ccc(OC)c2c1CSCCC2=O. The van der Waals surface area contributed by atoms with E-state index in [4.69, 9.17) is 9.47 Å². The van der Waals surface area contributed by atoms with Crippen LogP contribution in [-0.2, 0) is 5.75 Å². The Morgan fingerprint density at radius 1 is 1.19 bits per heavy atom. The van der Waals surface area contributed by atoms with E-state index in [9.17, 15) is 4.79 Å². The summed E-state index contributed by atoms with van der Waals surface area (Å²) in [6.07, 6.45) is 0.571. The number of carbonyl (C=O) groups excluding carboxylic acids is 1. The lowest BCUT2D eigenvalue weighted by Crippen LogP contribution is -2.05. The van der Waals surface area contributed by atoms with Crippen LogP contribution >= 0.6 is 11.8 Å². The molecule has 0 atom stereocenters. The van der Waals surface area contributed by atoms with Crippen molar-refractivity contribution < 1.29 is 14.3 Å². The van der Waals surface area contributed by atoms with E-state index in [1.807, 2.05) is 6.07 Å². The van der Waals surface area contributed by atoms with Gasteiger partial charge in [-0.1, -0.05) is 0 Å². The van der Waals surface area contributed by atoms with Crippen LogP contribution in [0.5, 0.6) is 11.5 Å². The van der Waals surface area contributed by atoms with E-state index in [-0.39, 0.29) is 5.78 Å². The van der Waals surface area contributed by atoms with Crippen LogP contribution in [0, 0.1) is 0 Å². The molecule has 0 N–H and O–H groups in total. The summed E-state index contributed by atoms with van der Waals surface area (Å²) >= 11 is 1.75. The number of hydrogen-bond acceptors (Lipinski definition) is 4. The van der Waals surface area contributed by atoms with Gasteiger partial charge in [-0.25, -0.2) is 0 Å². The van der Waals surface area contributed by atoms with Gasteiger partial charge in [0.25, 0.3) is 0 Å². The fraction of sp³-hybridized carbons (Fsp3) is 0.417. The van der Waals surface area contributed by atoms with Gasteiger partial charge in [0, 0.05) is 23.5 Å². The van der Waals surface area contributed by atoms with Crippen LogP contribution in [0.1, 0.15) is 22.3 Å². The molecule has 0 fully saturated rings. The maximum atomic E-state index is 12.0. The van der Waals surface area contributed by atoms with Crippen molar-refractivity contribution in [3.05, 3.63) is 23.3 Å². The topological polar surface area (TPSA) is 35.5 Å². The molecule has 1 aliphatic heterocycles. The zero-order chi connectivity index (χ0) is 11.5. The molecule has 0 aliphatic carbocycles. The number of rotatable bonds is 2. The Morgan fingerprint density at radius 3 is 2.56 bits per heavy atom. The van der Waals surface area contributed by atoms with Gasteiger partial charge in [-0.05, 0) is 12.1 Å². The van der Waals surface area contributed by atoms with Crippen LogP contribution in [0.3, 0.4) is 0 Å². The predicted octanol–water partition coefficient (Wildman–Crippen LogP) is 2.52. The van der Waals surface area contributed by atoms with E-state index in [1.165, 1.54) is 0 Å². The minimum absolute atomic E-state index is 0.149. The second-order valence-corrected chi connectivity index (χ2v) is 4.65. The Morgan fingerprint density at radius 2 is 1.88 bits per heavy atom. The Labute approximate surface area is 99.1 Å². The van der Waals surface area contributed by atoms with Crippen molar-refractivity contribution in [2.75, 3.05) is 20.0 Å². The molecule has 1 aromatic rings. The predicted molar refractivity (Wildman–Crippen MR) is 64.7 cm³/mol. The van der Waals surface area contributed by atoms with E-state index in [2.05, 4.69) is 0 Å². The average Bonchev–Trinajstić information content (AvgIpc) is 2.51. The maximum absolute atomic E-state index is 12.0. The molecule has 3 nitrogen and oxygen atoms in total. The van der Waals surface area contributed by atoms with Gasteiger partial charge in [-0.15, -0.1) is 0 Å². The minimum atomic E-state index is 0.149. The second kappa shape index (κ2) is 4.78. The summed E-state index contributed by atoms with van der Waals surface area (Å²) in [5.41, 5.74) is 1.67. The highest BCUT2D eigenvalue weighted by Crippen LogP contribution is 2.36. The summed E-state index contributed by atoms with van der Waals surface area (Å²) < 4.78 is 10.5. The molecule has 1 aromatic carbocycles. The van der Waals surface area contributed by atoms with E-state index >= 15 is 0 Å². The third kappa shape index (κ3) is 1.89. The highest BCUT2D eigenvalue weighted by molar-refractivity contribution is 7.98. The van der Waals surface area contributed by atoms with Crippen molar-refractivity contribution in [2.24, 2.45) is 0 Å². The van der Waals surface area contributed by atoms with Gasteiger partial charge >= 0.3 is 0 Å². The van der Waals surface area contributed by atoms with E-state index in [0.717, 1.165) is 22.8 Å². The van der Waals surface area contributed by atoms with Crippen LogP contribution in [0.25, 0.3) is 0 Å². The molecule has 0 saturated heterocycles. The first kappa shape index (κ1) is 11.3. The molecule has 0 saturated carbocycles. The normalized spacial score (nSPS) is 15.2. The Kier molecular flexibility index (Phi) is 3.39. The molecule has 16 heavy (non-hydrogen) atoms. The van der Waals surface area contributed by atoms with Crippen molar-refractivity contribution in [3.8, 4) is 11.5 Å². The monoisotopic (exact) mass is 238 g/mol. The van der Waals surface area contributed by atoms with Gasteiger partial charge in [0.2, 0.25) is 0 Å². The van der Waals surface area contributed by atoms with Gasteiger partial charge in [0.05, 0.1) is 19.8 Å². The Hall–Kier alpha value is -1.16. The van der Waals surface area contributed by atoms with Crippen LogP contribution < -0.4 is 9.47 Å². The molecule has 0 bridgehead atoms. The first-order valence-corrected chi connectivity index (χ1v) is 6.28. The number of methoxy groups -OCH3 is 2. The Balaban J connectivity index is 2.61. The van der Waals surface area contributed by atoms with E-state index in [0.29, 0.717) is 17.7 Å². The number of carbonyl (C=O) groups is 1. The minimum Gasteiger partial charge on any atom is -0.496 e. The molecule has 1 aliphatic rings. The van der Waals surface area contributed by atoms with Crippen molar-refractivity contribution in [2.45, 2.75) is 12.2 Å². The molecule has 0 amide bonds. The number of thioether (sulfide) groups is 1. The van der Waals surface area contributed by atoms with Gasteiger partial charge in [-0.2, -0.15) is 11.8 Å². The quantitative estimate of drug-likeness (QED) is 0.793. The molecule has 0 spiro atoms. The number of fused-ring (bicyclic) bond motifs is 1. The smallest absolute Gasteiger partial charge is 0.167 e. The number of benzene rings is 1. The molecule has 0 unspecified atom stereocenters. The van der Waals surface area contributed by atoms with Crippen molar-refractivity contribution in [1.29, 1.82) is 0 Å². The van der Waals surface area contributed by atoms with Crippen molar-refractivity contribution in [3.63, 3.8) is 0 Å². The Bertz CT molecular complexity index is 415. The van der Waals surface area contributed by atoms with E-state index < -0.39 is 0 Å². The van der Waals surface area contributed by atoms with Crippen molar-refractivity contribution >= 4 is 17.5 Å². The lowest BCUT2D eigenvalue weighted by Gasteiger charge is -2.13. The molecular formula is C12H14O3S. The number of ether oxygens (including phenoxy) is 2. The summed E-state index contributed by atoms with van der Waals surface area (Å²) in [6.45, 7) is 0. The molecular weight excluding hydrogens is 224 g/mol. The average molecular weight is 238 g/mol. The van der Waals surface area contributed by atoms with Gasteiger partial charge in [0.1, 0.15) is 11.5 Å². The zero-order valence-electron chi connectivity index (χ0n) is 9.41. The maximum Gasteiger partial charge on any atom is 0.167 e. The summed E-state index contributed by atoms with van der Waals surface area (Å²) in [4.78, 5) is 12.0. The molecule has 0 radical (unpaired) electrons. The first-order valence-electron chi connectivity index (χ1n) is 5.12. The molecule has 0 aromatic heterocycles. The van der Waals surface area contributed by atoms with Gasteiger partial charge < -0.3 is 9.47 Å². The lowest BCUT2D eigenvalue weighted by atomic mass is 10.0. The molecule has 1 heterocycles. The third-order valence-electron chi connectivity index (χ3n) is 2.67. The van der Waals surface area contributed by atoms with Crippen LogP contribution in [-0.4, -0.2) is 25.8 Å². The third-order valence-corrected chi connectivity index (χ3v) is 3.66. The molecule has 2 rings (SSSR count). The summed E-state index contributed by atoms with van der Waals surface area (Å²) in [6, 6.07) is 3.66. The van der Waals surface area contributed by atoms with Gasteiger partial charge in [-0.3, -0.25) is 4.79 Å². The summed E-state index contributed by atoms with van der Waals surface area (Å²) in [5.74, 6) is 3.25. The fourth-order valence-corrected chi connectivity index (χ4v) is 2.85. The lowest BCUT2D eigenvalue weighted by molar-refractivity contribution is 0.0986. The first-order chi connectivity index (χ1) is 7.77.